The molecule has 0 bridgehead atoms. The Morgan fingerprint density at radius 3 is 2.49 bits per heavy atom. The highest BCUT2D eigenvalue weighted by atomic mass is 35.5. The molecule has 188 valence electrons. The number of halogens is 3. The SMILES string of the molecule is Cl.Nc1ccc(C(=O)Nc2nc(-c3cc(Cl)cs3)c(N3CCN(C4CCCCC4)CC3)s2)cc1Cl. The minimum atomic E-state index is -0.264. The van der Waals surface area contributed by atoms with Crippen molar-refractivity contribution in [2.75, 3.05) is 42.1 Å². The van der Waals surface area contributed by atoms with Crippen LogP contribution in [0.5, 0.6) is 0 Å². The third kappa shape index (κ3) is 6.06. The zero-order valence-corrected chi connectivity index (χ0v) is 23.1. The van der Waals surface area contributed by atoms with Gasteiger partial charge in [-0.3, -0.25) is 15.0 Å². The topological polar surface area (TPSA) is 74.5 Å². The molecule has 0 radical (unpaired) electrons. The van der Waals surface area contributed by atoms with Crippen LogP contribution in [0.1, 0.15) is 42.5 Å². The van der Waals surface area contributed by atoms with E-state index >= 15 is 0 Å². The van der Waals surface area contributed by atoms with Gasteiger partial charge in [0, 0.05) is 43.2 Å². The maximum atomic E-state index is 12.9. The number of anilines is 3. The largest absolute Gasteiger partial charge is 0.398 e. The van der Waals surface area contributed by atoms with Gasteiger partial charge in [-0.1, -0.05) is 53.8 Å². The van der Waals surface area contributed by atoms with Gasteiger partial charge < -0.3 is 10.6 Å². The normalized spacial score (nSPS) is 17.3. The molecule has 1 aliphatic heterocycles. The standard InChI is InChI=1S/C24H27Cl2N5OS2.ClH/c25-16-13-20(33-14-16)21-23(31-10-8-30(9-11-31)17-4-2-1-3-5-17)34-24(28-21)29-22(32)15-6-7-19(27)18(26)12-15;/h6-7,12-14,17H,1-5,8-11,27H2,(H,28,29,32);1H. The summed E-state index contributed by atoms with van der Waals surface area (Å²) < 4.78 is 0. The Labute approximate surface area is 229 Å². The van der Waals surface area contributed by atoms with Gasteiger partial charge in [-0.15, -0.1) is 23.7 Å². The monoisotopic (exact) mass is 571 g/mol. The zero-order valence-electron chi connectivity index (χ0n) is 19.1. The predicted molar refractivity (Wildman–Crippen MR) is 152 cm³/mol. The second-order valence-electron chi connectivity index (χ2n) is 8.81. The lowest BCUT2D eigenvalue weighted by Crippen LogP contribution is -2.50. The molecule has 35 heavy (non-hydrogen) atoms. The smallest absolute Gasteiger partial charge is 0.257 e. The summed E-state index contributed by atoms with van der Waals surface area (Å²) in [6.07, 6.45) is 6.73. The zero-order chi connectivity index (χ0) is 23.7. The predicted octanol–water partition coefficient (Wildman–Crippen LogP) is 6.89. The van der Waals surface area contributed by atoms with E-state index in [0.717, 1.165) is 47.8 Å². The molecule has 0 atom stereocenters. The third-order valence-electron chi connectivity index (χ3n) is 6.59. The fourth-order valence-electron chi connectivity index (χ4n) is 4.75. The van der Waals surface area contributed by atoms with Crippen LogP contribution >= 0.6 is 58.3 Å². The maximum Gasteiger partial charge on any atom is 0.257 e. The first-order valence-electron chi connectivity index (χ1n) is 11.6. The number of thiazole rings is 1. The van der Waals surface area contributed by atoms with Crippen LogP contribution in [0.25, 0.3) is 10.6 Å². The van der Waals surface area contributed by atoms with Gasteiger partial charge in [-0.25, -0.2) is 4.98 Å². The van der Waals surface area contributed by atoms with Gasteiger partial charge >= 0.3 is 0 Å². The second-order valence-corrected chi connectivity index (χ2v) is 11.5. The number of nitrogens with zero attached hydrogens (tertiary/aromatic N) is 3. The van der Waals surface area contributed by atoms with Crippen LogP contribution in [0, 0.1) is 0 Å². The van der Waals surface area contributed by atoms with E-state index in [4.69, 9.17) is 33.9 Å². The highest BCUT2D eigenvalue weighted by Crippen LogP contribution is 2.42. The Bertz CT molecular complexity index is 1170. The molecule has 3 heterocycles. The van der Waals surface area contributed by atoms with Crippen LogP contribution in [0.2, 0.25) is 10.0 Å². The quantitative estimate of drug-likeness (QED) is 0.326. The molecular formula is C24H28Cl3N5OS2. The van der Waals surface area contributed by atoms with Gasteiger partial charge in [-0.05, 0) is 37.1 Å². The van der Waals surface area contributed by atoms with Crippen LogP contribution in [0.4, 0.5) is 15.8 Å². The molecule has 6 nitrogen and oxygen atoms in total. The minimum Gasteiger partial charge on any atom is -0.398 e. The average Bonchev–Trinajstić information content (AvgIpc) is 3.47. The number of thiophene rings is 1. The Morgan fingerprint density at radius 1 is 1.09 bits per heavy atom. The molecule has 5 rings (SSSR count). The van der Waals surface area contributed by atoms with Crippen molar-refractivity contribution in [1.82, 2.24) is 9.88 Å². The number of nitrogen functional groups attached to an aromatic ring is 1. The molecule has 1 amide bonds. The van der Waals surface area contributed by atoms with E-state index in [1.807, 2.05) is 11.4 Å². The van der Waals surface area contributed by atoms with E-state index < -0.39 is 0 Å². The molecule has 2 aromatic heterocycles. The van der Waals surface area contributed by atoms with Crippen molar-refractivity contribution in [2.45, 2.75) is 38.1 Å². The van der Waals surface area contributed by atoms with Gasteiger partial charge in [0.2, 0.25) is 0 Å². The van der Waals surface area contributed by atoms with Crippen molar-refractivity contribution in [3.8, 4) is 10.6 Å². The summed E-state index contributed by atoms with van der Waals surface area (Å²) in [5, 5.41) is 7.55. The van der Waals surface area contributed by atoms with E-state index in [1.54, 1.807) is 29.5 Å². The summed E-state index contributed by atoms with van der Waals surface area (Å²) in [4.78, 5) is 23.7. The molecule has 2 aliphatic rings. The van der Waals surface area contributed by atoms with Crippen molar-refractivity contribution in [1.29, 1.82) is 0 Å². The van der Waals surface area contributed by atoms with Crippen molar-refractivity contribution >= 4 is 80.0 Å². The summed E-state index contributed by atoms with van der Waals surface area (Å²) in [6, 6.07) is 7.54. The van der Waals surface area contributed by atoms with Gasteiger partial charge in [-0.2, -0.15) is 0 Å². The van der Waals surface area contributed by atoms with Crippen molar-refractivity contribution in [3.63, 3.8) is 0 Å². The number of piperazine rings is 1. The Kier molecular flexibility index (Phi) is 8.84. The number of benzene rings is 1. The van der Waals surface area contributed by atoms with Gasteiger partial charge in [0.1, 0.15) is 10.7 Å². The molecule has 3 N–H and O–H groups in total. The number of nitrogens with one attached hydrogen (secondary N) is 1. The van der Waals surface area contributed by atoms with Crippen LogP contribution in [-0.4, -0.2) is 48.0 Å². The summed E-state index contributed by atoms with van der Waals surface area (Å²) in [5.74, 6) is -0.264. The van der Waals surface area contributed by atoms with E-state index in [9.17, 15) is 4.79 Å². The maximum absolute atomic E-state index is 12.9. The Morgan fingerprint density at radius 2 is 1.83 bits per heavy atom. The number of carbonyl (C=O) groups is 1. The van der Waals surface area contributed by atoms with Gasteiger partial charge in [0.15, 0.2) is 5.13 Å². The summed E-state index contributed by atoms with van der Waals surface area (Å²) in [7, 11) is 0. The molecule has 2 fully saturated rings. The number of amides is 1. The fourth-order valence-corrected chi connectivity index (χ4v) is 7.09. The van der Waals surface area contributed by atoms with Crippen molar-refractivity contribution in [3.05, 3.63) is 45.3 Å². The molecule has 0 spiro atoms. The minimum absolute atomic E-state index is 0. The molecule has 3 aromatic rings. The molecule has 0 unspecified atom stereocenters. The van der Waals surface area contributed by atoms with Crippen LogP contribution in [-0.2, 0) is 0 Å². The van der Waals surface area contributed by atoms with Crippen LogP contribution < -0.4 is 16.0 Å². The van der Waals surface area contributed by atoms with Crippen molar-refractivity contribution in [2.24, 2.45) is 0 Å². The highest BCUT2D eigenvalue weighted by Gasteiger charge is 2.28. The molecule has 1 aliphatic carbocycles. The van der Waals surface area contributed by atoms with Gasteiger partial charge in [0.05, 0.1) is 20.6 Å². The molecular weight excluding hydrogens is 545 g/mol. The first-order valence-corrected chi connectivity index (χ1v) is 14.0. The molecule has 11 heteroatoms. The van der Waals surface area contributed by atoms with Crippen molar-refractivity contribution < 1.29 is 4.79 Å². The number of aromatic nitrogens is 1. The van der Waals surface area contributed by atoms with Crippen LogP contribution in [0.3, 0.4) is 0 Å². The molecule has 1 saturated heterocycles. The fraction of sp³-hybridized carbons (Fsp3) is 0.417. The Balaban J connectivity index is 0.00000289. The molecule has 1 aromatic carbocycles. The lowest BCUT2D eigenvalue weighted by molar-refractivity contribution is 0.102. The van der Waals surface area contributed by atoms with E-state index in [1.165, 1.54) is 43.4 Å². The third-order valence-corrected chi connectivity index (χ3v) is 9.23. The lowest BCUT2D eigenvalue weighted by atomic mass is 9.94. The summed E-state index contributed by atoms with van der Waals surface area (Å²) in [5.41, 5.74) is 7.54. The molecule has 1 saturated carbocycles. The highest BCUT2D eigenvalue weighted by molar-refractivity contribution is 7.21. The average molecular weight is 573 g/mol. The van der Waals surface area contributed by atoms with Crippen LogP contribution in [0.15, 0.2) is 29.6 Å². The number of hydrogen-bond donors (Lipinski definition) is 2. The van der Waals surface area contributed by atoms with Gasteiger partial charge in [0.25, 0.3) is 5.91 Å². The van der Waals surface area contributed by atoms with E-state index in [-0.39, 0.29) is 18.3 Å². The number of nitrogens with two attached hydrogens (primary N) is 1. The first-order chi connectivity index (χ1) is 16.5. The summed E-state index contributed by atoms with van der Waals surface area (Å²) >= 11 is 15.4. The first kappa shape index (κ1) is 26.5. The number of carbonyl (C=O) groups excluding carboxylic acids is 1. The lowest BCUT2D eigenvalue weighted by Gasteiger charge is -2.41. The van der Waals surface area contributed by atoms with E-state index in [2.05, 4.69) is 15.1 Å². The number of hydrogen-bond acceptors (Lipinski definition) is 7. The second kappa shape index (κ2) is 11.7. The number of rotatable bonds is 5. The Hall–Kier alpha value is -1.55. The van der Waals surface area contributed by atoms with E-state index in [0.29, 0.717) is 26.4 Å². The summed E-state index contributed by atoms with van der Waals surface area (Å²) in [6.45, 7) is 4.01.